The number of hydrogen-bond acceptors (Lipinski definition) is 5. The van der Waals surface area contributed by atoms with Gasteiger partial charge >= 0.3 is 5.97 Å². The SMILES string of the molecule is CCOC(=O)c1n[nH]c2cccc(SCC(C)(F)F)c2c1=O. The normalized spacial score (nSPS) is 11.6. The molecule has 5 nitrogen and oxygen atoms in total. The lowest BCUT2D eigenvalue weighted by atomic mass is 10.2. The Labute approximate surface area is 129 Å². The summed E-state index contributed by atoms with van der Waals surface area (Å²) in [6.45, 7) is 2.52. The molecular weight excluding hydrogens is 314 g/mol. The number of H-pyrrole nitrogens is 1. The van der Waals surface area contributed by atoms with Crippen LogP contribution in [0.2, 0.25) is 0 Å². The molecule has 0 atom stereocenters. The predicted molar refractivity (Wildman–Crippen MR) is 79.7 cm³/mol. The molecule has 118 valence electrons. The Morgan fingerprint density at radius 3 is 2.82 bits per heavy atom. The number of nitrogens with zero attached hydrogens (tertiary/aromatic N) is 1. The topological polar surface area (TPSA) is 72.0 Å². The number of esters is 1. The lowest BCUT2D eigenvalue weighted by molar-refractivity contribution is 0.0489. The van der Waals surface area contributed by atoms with Crippen molar-refractivity contribution in [2.45, 2.75) is 24.7 Å². The first-order valence-electron chi connectivity index (χ1n) is 6.52. The number of aromatic nitrogens is 2. The molecule has 1 aromatic carbocycles. The molecule has 0 radical (unpaired) electrons. The summed E-state index contributed by atoms with van der Waals surface area (Å²) in [5, 5.41) is 6.45. The van der Waals surface area contributed by atoms with Crippen LogP contribution in [-0.4, -0.2) is 34.4 Å². The number of carbonyl (C=O) groups is 1. The molecule has 0 aliphatic rings. The lowest BCUT2D eigenvalue weighted by Crippen LogP contribution is -2.21. The number of alkyl halides is 2. The Bertz CT molecular complexity index is 756. The maximum Gasteiger partial charge on any atom is 0.362 e. The van der Waals surface area contributed by atoms with E-state index in [0.717, 1.165) is 18.7 Å². The monoisotopic (exact) mass is 328 g/mol. The fourth-order valence-corrected chi connectivity index (χ4v) is 2.74. The van der Waals surface area contributed by atoms with Gasteiger partial charge in [0.25, 0.3) is 5.92 Å². The summed E-state index contributed by atoms with van der Waals surface area (Å²) >= 11 is 0.855. The van der Waals surface area contributed by atoms with Crippen molar-refractivity contribution in [1.82, 2.24) is 10.2 Å². The van der Waals surface area contributed by atoms with Gasteiger partial charge in [-0.3, -0.25) is 9.89 Å². The predicted octanol–water partition coefficient (Wildman–Crippen LogP) is 2.85. The van der Waals surface area contributed by atoms with Crippen molar-refractivity contribution in [3.8, 4) is 0 Å². The van der Waals surface area contributed by atoms with Gasteiger partial charge in [-0.2, -0.15) is 5.10 Å². The minimum atomic E-state index is -2.86. The highest BCUT2D eigenvalue weighted by Crippen LogP contribution is 2.29. The Hall–Kier alpha value is -1.96. The number of thioether (sulfide) groups is 1. The quantitative estimate of drug-likeness (QED) is 0.675. The molecule has 0 spiro atoms. The Morgan fingerprint density at radius 2 is 2.18 bits per heavy atom. The summed E-state index contributed by atoms with van der Waals surface area (Å²) in [6, 6.07) is 4.77. The van der Waals surface area contributed by atoms with E-state index in [1.165, 1.54) is 0 Å². The van der Waals surface area contributed by atoms with E-state index in [-0.39, 0.29) is 17.7 Å². The van der Waals surface area contributed by atoms with E-state index in [1.54, 1.807) is 25.1 Å². The van der Waals surface area contributed by atoms with Crippen LogP contribution >= 0.6 is 11.8 Å². The second-order valence-electron chi connectivity index (χ2n) is 4.66. The maximum absolute atomic E-state index is 13.0. The van der Waals surface area contributed by atoms with Crippen molar-refractivity contribution in [1.29, 1.82) is 0 Å². The zero-order valence-electron chi connectivity index (χ0n) is 12.0. The lowest BCUT2D eigenvalue weighted by Gasteiger charge is -2.11. The van der Waals surface area contributed by atoms with Crippen molar-refractivity contribution in [3.05, 3.63) is 34.1 Å². The molecule has 8 heteroatoms. The third kappa shape index (κ3) is 3.62. The van der Waals surface area contributed by atoms with Gasteiger partial charge in [-0.05, 0) is 19.1 Å². The zero-order chi connectivity index (χ0) is 16.3. The summed E-state index contributed by atoms with van der Waals surface area (Å²) in [5.74, 6) is -4.18. The van der Waals surface area contributed by atoms with E-state index < -0.39 is 23.1 Å². The van der Waals surface area contributed by atoms with Gasteiger partial charge in [0, 0.05) is 11.8 Å². The van der Waals surface area contributed by atoms with Crippen LogP contribution in [0.4, 0.5) is 8.78 Å². The van der Waals surface area contributed by atoms with Crippen molar-refractivity contribution in [2.24, 2.45) is 0 Å². The average molecular weight is 328 g/mol. The smallest absolute Gasteiger partial charge is 0.362 e. The number of hydrogen-bond donors (Lipinski definition) is 1. The van der Waals surface area contributed by atoms with Gasteiger partial charge in [0.05, 0.1) is 23.3 Å². The number of halogens is 2. The highest BCUT2D eigenvalue weighted by Gasteiger charge is 2.23. The van der Waals surface area contributed by atoms with Crippen LogP contribution in [0.25, 0.3) is 10.9 Å². The first-order valence-corrected chi connectivity index (χ1v) is 7.51. The molecular formula is C14H14F2N2O3S. The number of fused-ring (bicyclic) bond motifs is 1. The molecule has 0 bridgehead atoms. The second-order valence-corrected chi connectivity index (χ2v) is 5.68. The molecule has 22 heavy (non-hydrogen) atoms. The minimum Gasteiger partial charge on any atom is -0.461 e. The molecule has 2 aromatic rings. The van der Waals surface area contributed by atoms with E-state index in [2.05, 4.69) is 10.2 Å². The first kappa shape index (κ1) is 16.4. The molecule has 0 unspecified atom stereocenters. The van der Waals surface area contributed by atoms with Crippen molar-refractivity contribution in [3.63, 3.8) is 0 Å². The molecule has 0 aliphatic heterocycles. The van der Waals surface area contributed by atoms with E-state index in [1.807, 2.05) is 0 Å². The van der Waals surface area contributed by atoms with Gasteiger partial charge in [-0.25, -0.2) is 13.6 Å². The molecule has 0 aliphatic carbocycles. The highest BCUT2D eigenvalue weighted by atomic mass is 32.2. The van der Waals surface area contributed by atoms with Crippen LogP contribution in [0.5, 0.6) is 0 Å². The molecule has 2 rings (SSSR count). The van der Waals surface area contributed by atoms with Crippen molar-refractivity contribution < 1.29 is 18.3 Å². The number of carbonyl (C=O) groups excluding carboxylic acids is 1. The largest absolute Gasteiger partial charge is 0.461 e. The van der Waals surface area contributed by atoms with Crippen LogP contribution in [0, 0.1) is 0 Å². The summed E-state index contributed by atoms with van der Waals surface area (Å²) < 4.78 is 30.8. The van der Waals surface area contributed by atoms with Gasteiger partial charge in [-0.15, -0.1) is 11.8 Å². The van der Waals surface area contributed by atoms with E-state index in [9.17, 15) is 18.4 Å². The number of ether oxygens (including phenoxy) is 1. The maximum atomic E-state index is 13.0. The molecule has 0 saturated heterocycles. The van der Waals surface area contributed by atoms with Crippen LogP contribution in [0.1, 0.15) is 24.3 Å². The number of nitrogens with one attached hydrogen (secondary N) is 1. The summed E-state index contributed by atoms with van der Waals surface area (Å²) in [4.78, 5) is 24.5. The second kappa shape index (κ2) is 6.43. The van der Waals surface area contributed by atoms with E-state index in [0.29, 0.717) is 10.4 Å². The van der Waals surface area contributed by atoms with Gasteiger partial charge in [-0.1, -0.05) is 6.07 Å². The number of rotatable bonds is 5. The average Bonchev–Trinajstić information content (AvgIpc) is 2.44. The van der Waals surface area contributed by atoms with E-state index >= 15 is 0 Å². The molecule has 1 aromatic heterocycles. The highest BCUT2D eigenvalue weighted by molar-refractivity contribution is 7.99. The van der Waals surface area contributed by atoms with Gasteiger partial charge < -0.3 is 4.74 Å². The van der Waals surface area contributed by atoms with Crippen molar-refractivity contribution in [2.75, 3.05) is 12.4 Å². The number of aromatic amines is 1. The fourth-order valence-electron chi connectivity index (χ4n) is 1.81. The van der Waals surface area contributed by atoms with Crippen molar-refractivity contribution >= 4 is 28.6 Å². The van der Waals surface area contributed by atoms with Gasteiger partial charge in [0.15, 0.2) is 0 Å². The summed E-state index contributed by atoms with van der Waals surface area (Å²) in [7, 11) is 0. The summed E-state index contributed by atoms with van der Waals surface area (Å²) in [5.41, 5.74) is -0.636. The van der Waals surface area contributed by atoms with Crippen LogP contribution in [-0.2, 0) is 4.74 Å². The zero-order valence-corrected chi connectivity index (χ0v) is 12.8. The Balaban J connectivity index is 2.52. The van der Waals surface area contributed by atoms with Gasteiger partial charge in [0.1, 0.15) is 0 Å². The summed E-state index contributed by atoms with van der Waals surface area (Å²) in [6.07, 6.45) is 0. The van der Waals surface area contributed by atoms with E-state index in [4.69, 9.17) is 4.74 Å². The first-order chi connectivity index (χ1) is 10.3. The standard InChI is InChI=1S/C14H14F2N2O3S/c1-3-21-13(20)11-12(19)10-8(17-18-11)5-4-6-9(10)22-7-14(2,15)16/h4-6H,3,7H2,1-2H3,(H,17,19). The Morgan fingerprint density at radius 1 is 1.45 bits per heavy atom. The molecule has 0 fully saturated rings. The molecule has 0 saturated carbocycles. The van der Waals surface area contributed by atoms with Crippen LogP contribution in [0.15, 0.2) is 27.9 Å². The van der Waals surface area contributed by atoms with Gasteiger partial charge in [0.2, 0.25) is 11.1 Å². The molecule has 1 heterocycles. The fraction of sp³-hybridized carbons (Fsp3) is 0.357. The number of benzene rings is 1. The molecule has 1 N–H and O–H groups in total. The Kier molecular flexibility index (Phi) is 4.80. The third-order valence-corrected chi connectivity index (χ3v) is 4.01. The third-order valence-electron chi connectivity index (χ3n) is 2.71. The van der Waals surface area contributed by atoms with Crippen LogP contribution < -0.4 is 5.43 Å². The molecule has 0 amide bonds. The minimum absolute atomic E-state index is 0.108. The van der Waals surface area contributed by atoms with Crippen LogP contribution in [0.3, 0.4) is 0 Å².